The van der Waals surface area contributed by atoms with E-state index in [0.717, 1.165) is 27.1 Å². The number of likely N-dealkylation sites (N-methyl/N-ethyl adjacent to an activating group) is 1. The molecular formula is C22H24BrNO4. The highest BCUT2D eigenvalue weighted by Crippen LogP contribution is 2.38. The normalized spacial score (nSPS) is 17.8. The molecule has 2 aliphatic heterocycles. The monoisotopic (exact) mass is 445 g/mol. The average Bonchev–Trinajstić information content (AvgIpc) is 2.74. The molecule has 148 valence electrons. The van der Waals surface area contributed by atoms with Crippen LogP contribution in [0.2, 0.25) is 0 Å². The van der Waals surface area contributed by atoms with Crippen LogP contribution in [0.5, 0.6) is 11.5 Å². The SMILES string of the molecule is CN(Cc1ccc2c(c1)OCCO2)C(=O)C1(c2ccc(Br)cc2)CCOCC1. The van der Waals surface area contributed by atoms with E-state index in [1.807, 2.05) is 54.4 Å². The number of carbonyl (C=O) groups excluding carboxylic acids is 1. The van der Waals surface area contributed by atoms with Crippen LogP contribution in [0.3, 0.4) is 0 Å². The summed E-state index contributed by atoms with van der Waals surface area (Å²) in [6.07, 6.45) is 1.39. The summed E-state index contributed by atoms with van der Waals surface area (Å²) in [4.78, 5) is 15.4. The largest absolute Gasteiger partial charge is 0.486 e. The minimum absolute atomic E-state index is 0.132. The van der Waals surface area contributed by atoms with Gasteiger partial charge in [0.05, 0.1) is 5.41 Å². The zero-order valence-corrected chi connectivity index (χ0v) is 17.5. The summed E-state index contributed by atoms with van der Waals surface area (Å²) in [6.45, 7) is 2.84. The Balaban J connectivity index is 1.57. The van der Waals surface area contributed by atoms with E-state index in [4.69, 9.17) is 14.2 Å². The van der Waals surface area contributed by atoms with Crippen molar-refractivity contribution < 1.29 is 19.0 Å². The number of hydrogen-bond donors (Lipinski definition) is 0. The number of hydrogen-bond acceptors (Lipinski definition) is 4. The van der Waals surface area contributed by atoms with Crippen LogP contribution in [0.1, 0.15) is 24.0 Å². The van der Waals surface area contributed by atoms with Gasteiger partial charge in [-0.25, -0.2) is 0 Å². The van der Waals surface area contributed by atoms with E-state index in [-0.39, 0.29) is 5.91 Å². The number of carbonyl (C=O) groups is 1. The van der Waals surface area contributed by atoms with Gasteiger partial charge in [-0.15, -0.1) is 0 Å². The molecule has 4 rings (SSSR count). The van der Waals surface area contributed by atoms with Crippen LogP contribution in [0.25, 0.3) is 0 Å². The molecule has 2 aliphatic rings. The lowest BCUT2D eigenvalue weighted by Crippen LogP contribution is -2.48. The molecule has 0 aliphatic carbocycles. The summed E-state index contributed by atoms with van der Waals surface area (Å²) >= 11 is 3.49. The molecule has 0 saturated carbocycles. The van der Waals surface area contributed by atoms with Gasteiger partial charge in [-0.1, -0.05) is 34.1 Å². The van der Waals surface area contributed by atoms with E-state index < -0.39 is 5.41 Å². The molecule has 2 aromatic rings. The number of benzene rings is 2. The molecular weight excluding hydrogens is 422 g/mol. The van der Waals surface area contributed by atoms with Crippen LogP contribution < -0.4 is 9.47 Å². The van der Waals surface area contributed by atoms with Gasteiger partial charge in [0.2, 0.25) is 5.91 Å². The molecule has 1 saturated heterocycles. The second kappa shape index (κ2) is 8.13. The number of nitrogens with zero attached hydrogens (tertiary/aromatic N) is 1. The Bertz CT molecular complexity index is 846. The van der Waals surface area contributed by atoms with Crippen molar-refractivity contribution in [3.05, 3.63) is 58.1 Å². The molecule has 1 amide bonds. The Labute approximate surface area is 173 Å². The topological polar surface area (TPSA) is 48.0 Å². The summed E-state index contributed by atoms with van der Waals surface area (Å²) in [5, 5.41) is 0. The third-order valence-corrected chi connectivity index (χ3v) is 6.05. The van der Waals surface area contributed by atoms with Crippen LogP contribution in [0.15, 0.2) is 46.9 Å². The van der Waals surface area contributed by atoms with Crippen molar-refractivity contribution in [1.29, 1.82) is 0 Å². The zero-order valence-electron chi connectivity index (χ0n) is 15.9. The first-order chi connectivity index (χ1) is 13.6. The van der Waals surface area contributed by atoms with Gasteiger partial charge in [-0.05, 0) is 48.2 Å². The number of halogens is 1. The number of rotatable bonds is 4. The second-order valence-corrected chi connectivity index (χ2v) is 8.26. The molecule has 28 heavy (non-hydrogen) atoms. The maximum absolute atomic E-state index is 13.6. The van der Waals surface area contributed by atoms with Crippen molar-refractivity contribution in [3.8, 4) is 11.5 Å². The fourth-order valence-electron chi connectivity index (χ4n) is 4.01. The number of fused-ring (bicyclic) bond motifs is 1. The maximum Gasteiger partial charge on any atom is 0.233 e. The molecule has 0 radical (unpaired) electrons. The first-order valence-electron chi connectivity index (χ1n) is 9.56. The molecule has 0 atom stereocenters. The van der Waals surface area contributed by atoms with Gasteiger partial charge in [0.15, 0.2) is 11.5 Å². The summed E-state index contributed by atoms with van der Waals surface area (Å²) in [6, 6.07) is 14.0. The van der Waals surface area contributed by atoms with Crippen molar-refractivity contribution in [2.45, 2.75) is 24.8 Å². The Hall–Kier alpha value is -2.05. The fraction of sp³-hybridized carbons (Fsp3) is 0.409. The van der Waals surface area contributed by atoms with Gasteiger partial charge in [-0.3, -0.25) is 4.79 Å². The number of ether oxygens (including phenoxy) is 3. The Morgan fingerprint density at radius 2 is 1.68 bits per heavy atom. The third-order valence-electron chi connectivity index (χ3n) is 5.53. The molecule has 1 fully saturated rings. The predicted molar refractivity (Wildman–Crippen MR) is 110 cm³/mol. The van der Waals surface area contributed by atoms with Crippen molar-refractivity contribution >= 4 is 21.8 Å². The van der Waals surface area contributed by atoms with Crippen molar-refractivity contribution in [2.75, 3.05) is 33.5 Å². The van der Waals surface area contributed by atoms with Crippen LogP contribution in [0, 0.1) is 0 Å². The van der Waals surface area contributed by atoms with E-state index >= 15 is 0 Å². The molecule has 2 heterocycles. The lowest BCUT2D eigenvalue weighted by atomic mass is 9.73. The molecule has 6 heteroatoms. The molecule has 5 nitrogen and oxygen atoms in total. The number of amides is 1. The van der Waals surface area contributed by atoms with Gasteiger partial charge in [0.25, 0.3) is 0 Å². The first-order valence-corrected chi connectivity index (χ1v) is 10.4. The molecule has 0 unspecified atom stereocenters. The minimum atomic E-state index is -0.540. The van der Waals surface area contributed by atoms with E-state index in [1.54, 1.807) is 0 Å². The Morgan fingerprint density at radius 1 is 1.00 bits per heavy atom. The molecule has 0 aromatic heterocycles. The van der Waals surface area contributed by atoms with Crippen LogP contribution in [0.4, 0.5) is 0 Å². The lowest BCUT2D eigenvalue weighted by molar-refractivity contribution is -0.140. The minimum Gasteiger partial charge on any atom is -0.486 e. The lowest BCUT2D eigenvalue weighted by Gasteiger charge is -2.39. The van der Waals surface area contributed by atoms with E-state index in [1.165, 1.54) is 0 Å². The van der Waals surface area contributed by atoms with Gasteiger partial charge in [-0.2, -0.15) is 0 Å². The van der Waals surface area contributed by atoms with E-state index in [0.29, 0.717) is 45.8 Å². The van der Waals surface area contributed by atoms with Crippen molar-refractivity contribution in [3.63, 3.8) is 0 Å². The molecule has 0 bridgehead atoms. The van der Waals surface area contributed by atoms with Crippen LogP contribution >= 0.6 is 15.9 Å². The van der Waals surface area contributed by atoms with Crippen LogP contribution in [-0.2, 0) is 21.5 Å². The smallest absolute Gasteiger partial charge is 0.233 e. The summed E-state index contributed by atoms with van der Waals surface area (Å²) < 4.78 is 17.8. The second-order valence-electron chi connectivity index (χ2n) is 7.34. The van der Waals surface area contributed by atoms with Gasteiger partial charge >= 0.3 is 0 Å². The standard InChI is InChI=1S/C22H24BrNO4/c1-24(15-16-2-7-19-20(14-16)28-13-12-27-19)21(25)22(8-10-26-11-9-22)17-3-5-18(23)6-4-17/h2-7,14H,8-13,15H2,1H3. The molecule has 0 spiro atoms. The zero-order chi connectivity index (χ0) is 19.6. The third kappa shape index (κ3) is 3.76. The molecule has 2 aromatic carbocycles. The Morgan fingerprint density at radius 3 is 2.39 bits per heavy atom. The van der Waals surface area contributed by atoms with Crippen LogP contribution in [-0.4, -0.2) is 44.3 Å². The van der Waals surface area contributed by atoms with Crippen molar-refractivity contribution in [2.24, 2.45) is 0 Å². The summed E-state index contributed by atoms with van der Waals surface area (Å²) in [5.74, 6) is 1.64. The van der Waals surface area contributed by atoms with Gasteiger partial charge in [0.1, 0.15) is 13.2 Å². The van der Waals surface area contributed by atoms with Gasteiger partial charge < -0.3 is 19.1 Å². The quantitative estimate of drug-likeness (QED) is 0.715. The van der Waals surface area contributed by atoms with E-state index in [9.17, 15) is 4.79 Å². The first kappa shape index (κ1) is 19.3. The summed E-state index contributed by atoms with van der Waals surface area (Å²) in [7, 11) is 1.87. The average molecular weight is 446 g/mol. The molecule has 0 N–H and O–H groups in total. The highest BCUT2D eigenvalue weighted by Gasteiger charge is 2.43. The highest BCUT2D eigenvalue weighted by atomic mass is 79.9. The van der Waals surface area contributed by atoms with Gasteiger partial charge in [0, 0.05) is 31.3 Å². The highest BCUT2D eigenvalue weighted by molar-refractivity contribution is 9.10. The van der Waals surface area contributed by atoms with Crippen molar-refractivity contribution in [1.82, 2.24) is 4.90 Å². The summed E-state index contributed by atoms with van der Waals surface area (Å²) in [5.41, 5.74) is 1.54. The fourth-order valence-corrected chi connectivity index (χ4v) is 4.28. The van der Waals surface area contributed by atoms with E-state index in [2.05, 4.69) is 15.9 Å². The predicted octanol–water partition coefficient (Wildman–Crippen LogP) is 3.93. The maximum atomic E-state index is 13.6. The Kier molecular flexibility index (Phi) is 5.60.